The molecule has 2 heterocycles. The third kappa shape index (κ3) is 4.32. The number of fused-ring (bicyclic) bond motifs is 1. The van der Waals surface area contributed by atoms with Crippen LogP contribution in [0, 0.1) is 5.92 Å². The number of nitrogens with zero attached hydrogens (tertiary/aromatic N) is 3. The van der Waals surface area contributed by atoms with Crippen LogP contribution < -0.4 is 5.32 Å². The molecule has 0 radical (unpaired) electrons. The number of piperidine rings is 1. The van der Waals surface area contributed by atoms with Crippen molar-refractivity contribution in [2.45, 2.75) is 37.9 Å². The number of aromatic nitrogens is 1. The summed E-state index contributed by atoms with van der Waals surface area (Å²) >= 11 is 6.06. The fourth-order valence-electron chi connectivity index (χ4n) is 4.11. The molecule has 2 aliphatic rings. The number of rotatable bonds is 5. The van der Waals surface area contributed by atoms with Gasteiger partial charge in [-0.25, -0.2) is 9.59 Å². The number of hydrogen-bond acceptors (Lipinski definition) is 6. The van der Waals surface area contributed by atoms with Crippen molar-refractivity contribution in [1.82, 2.24) is 20.3 Å². The summed E-state index contributed by atoms with van der Waals surface area (Å²) in [5, 5.41) is 17.9. The maximum Gasteiger partial charge on any atom is 0.409 e. The molecule has 0 bridgehead atoms. The fourth-order valence-corrected chi connectivity index (χ4v) is 4.28. The zero-order valence-corrected chi connectivity index (χ0v) is 17.5. The Morgan fingerprint density at radius 1 is 1.37 bits per heavy atom. The molecule has 1 aromatic carbocycles. The highest BCUT2D eigenvalue weighted by Crippen LogP contribution is 2.33. The minimum absolute atomic E-state index is 0.0467. The first-order chi connectivity index (χ1) is 14.5. The second kappa shape index (κ2) is 8.69. The van der Waals surface area contributed by atoms with Crippen molar-refractivity contribution >= 4 is 34.6 Å². The van der Waals surface area contributed by atoms with Gasteiger partial charge in [-0.05, 0) is 37.5 Å². The van der Waals surface area contributed by atoms with Gasteiger partial charge in [0.25, 0.3) is 0 Å². The average Bonchev–Trinajstić information content (AvgIpc) is 3.51. The molecule has 2 aromatic rings. The minimum Gasteiger partial charge on any atom is -0.453 e. The molecule has 1 saturated heterocycles. The largest absolute Gasteiger partial charge is 0.453 e. The van der Waals surface area contributed by atoms with E-state index in [1.165, 1.54) is 7.11 Å². The van der Waals surface area contributed by atoms with Crippen LogP contribution in [0.5, 0.6) is 0 Å². The van der Waals surface area contributed by atoms with Gasteiger partial charge in [0, 0.05) is 42.1 Å². The number of methoxy groups -OCH3 is 1. The first-order valence-corrected chi connectivity index (χ1v) is 10.4. The lowest BCUT2D eigenvalue weighted by Crippen LogP contribution is -2.57. The zero-order valence-electron chi connectivity index (χ0n) is 16.7. The molecular weight excluding hydrogens is 412 g/mol. The average molecular weight is 437 g/mol. The smallest absolute Gasteiger partial charge is 0.409 e. The number of urea groups is 1. The third-order valence-electron chi connectivity index (χ3n) is 5.69. The van der Waals surface area contributed by atoms with Gasteiger partial charge in [0.2, 0.25) is 0 Å². The summed E-state index contributed by atoms with van der Waals surface area (Å²) in [7, 11) is 1.33. The van der Waals surface area contributed by atoms with E-state index in [0.29, 0.717) is 35.8 Å². The van der Waals surface area contributed by atoms with E-state index in [4.69, 9.17) is 20.9 Å². The standard InChI is InChI=1S/C20H25ClN4O5/c1-29-20(28)24-9-12(11-26)6-15(10-24)25(14-3-4-14)19(27)22-8-18-16-7-13(21)2-5-17(16)23-30-18/h2,5,7,12,14-15,26H,3-4,6,8-11H2,1H3,(H,22,27)/t12-,15+/m0/s1. The van der Waals surface area contributed by atoms with Crippen LogP contribution in [0.1, 0.15) is 25.0 Å². The molecule has 10 heteroatoms. The molecule has 1 aliphatic carbocycles. The molecule has 2 fully saturated rings. The third-order valence-corrected chi connectivity index (χ3v) is 5.92. The predicted molar refractivity (Wildman–Crippen MR) is 109 cm³/mol. The van der Waals surface area contributed by atoms with Gasteiger partial charge in [-0.3, -0.25) is 0 Å². The van der Waals surface area contributed by atoms with Crippen LogP contribution in [0.15, 0.2) is 22.7 Å². The number of nitrogens with one attached hydrogen (secondary N) is 1. The summed E-state index contributed by atoms with van der Waals surface area (Å²) in [5.74, 6) is 0.432. The topological polar surface area (TPSA) is 108 Å². The maximum atomic E-state index is 13.1. The number of likely N-dealkylation sites (tertiary alicyclic amines) is 1. The van der Waals surface area contributed by atoms with Gasteiger partial charge in [0.1, 0.15) is 5.52 Å². The van der Waals surface area contributed by atoms with Crippen LogP contribution in [0.25, 0.3) is 10.9 Å². The van der Waals surface area contributed by atoms with Crippen molar-refractivity contribution in [3.63, 3.8) is 0 Å². The molecule has 4 rings (SSSR count). The van der Waals surface area contributed by atoms with Crippen LogP contribution in [0.4, 0.5) is 9.59 Å². The molecule has 9 nitrogen and oxygen atoms in total. The zero-order chi connectivity index (χ0) is 21.3. The first-order valence-electron chi connectivity index (χ1n) is 10.0. The van der Waals surface area contributed by atoms with E-state index in [-0.39, 0.29) is 37.2 Å². The molecule has 1 aromatic heterocycles. The van der Waals surface area contributed by atoms with Gasteiger partial charge in [0.15, 0.2) is 5.76 Å². The van der Waals surface area contributed by atoms with E-state index in [9.17, 15) is 14.7 Å². The molecule has 30 heavy (non-hydrogen) atoms. The van der Waals surface area contributed by atoms with E-state index in [2.05, 4.69) is 10.5 Å². The van der Waals surface area contributed by atoms with Crippen molar-refractivity contribution in [3.05, 3.63) is 29.0 Å². The summed E-state index contributed by atoms with van der Waals surface area (Å²) in [4.78, 5) is 28.5. The molecule has 0 unspecified atom stereocenters. The summed E-state index contributed by atoms with van der Waals surface area (Å²) < 4.78 is 10.2. The lowest BCUT2D eigenvalue weighted by atomic mass is 9.94. The Kier molecular flexibility index (Phi) is 6.01. The van der Waals surface area contributed by atoms with Crippen molar-refractivity contribution < 1.29 is 24.0 Å². The molecule has 1 aliphatic heterocycles. The van der Waals surface area contributed by atoms with Gasteiger partial charge in [-0.1, -0.05) is 16.8 Å². The molecule has 0 spiro atoms. The van der Waals surface area contributed by atoms with Crippen molar-refractivity contribution in [1.29, 1.82) is 0 Å². The molecule has 1 saturated carbocycles. The lowest BCUT2D eigenvalue weighted by Gasteiger charge is -2.41. The van der Waals surface area contributed by atoms with E-state index < -0.39 is 6.09 Å². The van der Waals surface area contributed by atoms with Crippen LogP contribution in [-0.2, 0) is 11.3 Å². The minimum atomic E-state index is -0.445. The number of halogens is 1. The number of aliphatic hydroxyl groups is 1. The summed E-state index contributed by atoms with van der Waals surface area (Å²) in [6.45, 7) is 0.934. The van der Waals surface area contributed by atoms with Gasteiger partial charge >= 0.3 is 12.1 Å². The summed E-state index contributed by atoms with van der Waals surface area (Å²) in [5.41, 5.74) is 0.675. The summed E-state index contributed by atoms with van der Waals surface area (Å²) in [6.07, 6.45) is 2.04. The maximum absolute atomic E-state index is 13.1. The Bertz CT molecular complexity index is 931. The molecule has 2 atom stereocenters. The molecule has 162 valence electrons. The Morgan fingerprint density at radius 2 is 2.17 bits per heavy atom. The lowest BCUT2D eigenvalue weighted by molar-refractivity contribution is 0.0464. The van der Waals surface area contributed by atoms with Crippen molar-refractivity contribution in [3.8, 4) is 0 Å². The molecule has 2 N–H and O–H groups in total. The Hall–Kier alpha value is -2.52. The van der Waals surface area contributed by atoms with Crippen LogP contribution in [0.2, 0.25) is 5.02 Å². The normalized spacial score (nSPS) is 21.5. The highest BCUT2D eigenvalue weighted by atomic mass is 35.5. The van der Waals surface area contributed by atoms with Crippen molar-refractivity contribution in [2.75, 3.05) is 26.8 Å². The quantitative estimate of drug-likeness (QED) is 0.745. The van der Waals surface area contributed by atoms with E-state index in [1.54, 1.807) is 23.1 Å². The van der Waals surface area contributed by atoms with Crippen molar-refractivity contribution in [2.24, 2.45) is 5.92 Å². The molecular formula is C20H25ClN4O5. The highest BCUT2D eigenvalue weighted by Gasteiger charge is 2.42. The number of carbonyl (C=O) groups is 2. The highest BCUT2D eigenvalue weighted by molar-refractivity contribution is 6.31. The number of benzene rings is 1. The Balaban J connectivity index is 1.47. The second-order valence-electron chi connectivity index (χ2n) is 7.88. The predicted octanol–water partition coefficient (Wildman–Crippen LogP) is 2.60. The van der Waals surface area contributed by atoms with Crippen LogP contribution >= 0.6 is 11.6 Å². The van der Waals surface area contributed by atoms with Crippen LogP contribution in [0.3, 0.4) is 0 Å². The Morgan fingerprint density at radius 3 is 2.87 bits per heavy atom. The summed E-state index contributed by atoms with van der Waals surface area (Å²) in [6, 6.07) is 4.97. The SMILES string of the molecule is COC(=O)N1C[C@@H](CO)C[C@@H](N(C(=O)NCc2onc3ccc(Cl)cc23)C2CC2)C1. The second-order valence-corrected chi connectivity index (χ2v) is 8.31. The van der Waals surface area contributed by atoms with Crippen LogP contribution in [-0.4, -0.2) is 71.1 Å². The van der Waals surface area contributed by atoms with E-state index >= 15 is 0 Å². The number of amides is 3. The fraction of sp³-hybridized carbons (Fsp3) is 0.550. The van der Waals surface area contributed by atoms with Gasteiger partial charge in [0.05, 0.1) is 19.7 Å². The number of aliphatic hydroxyl groups excluding tert-OH is 1. The van der Waals surface area contributed by atoms with Gasteiger partial charge in [-0.2, -0.15) is 0 Å². The number of hydrogen-bond donors (Lipinski definition) is 2. The molecule has 3 amide bonds. The number of ether oxygens (including phenoxy) is 1. The Labute approximate surface area is 178 Å². The van der Waals surface area contributed by atoms with E-state index in [1.807, 2.05) is 4.90 Å². The van der Waals surface area contributed by atoms with Gasteiger partial charge < -0.3 is 29.5 Å². The van der Waals surface area contributed by atoms with E-state index in [0.717, 1.165) is 18.2 Å². The monoisotopic (exact) mass is 436 g/mol. The van der Waals surface area contributed by atoms with Gasteiger partial charge in [-0.15, -0.1) is 0 Å². The number of carbonyl (C=O) groups excluding carboxylic acids is 2. The first kappa shape index (κ1) is 20.7.